The number of aromatic nitrogens is 1. The van der Waals surface area contributed by atoms with E-state index in [9.17, 15) is 9.59 Å². The van der Waals surface area contributed by atoms with Crippen molar-refractivity contribution in [2.24, 2.45) is 0 Å². The Bertz CT molecular complexity index is 897. The molecule has 0 bridgehead atoms. The van der Waals surface area contributed by atoms with E-state index in [1.54, 1.807) is 12.1 Å². The molecular formula is C21H25N3O4. The van der Waals surface area contributed by atoms with Crippen molar-refractivity contribution in [3.05, 3.63) is 47.5 Å². The number of methoxy groups -OCH3 is 2. The van der Waals surface area contributed by atoms with E-state index < -0.39 is 5.41 Å². The van der Waals surface area contributed by atoms with E-state index in [-0.39, 0.29) is 36.6 Å². The summed E-state index contributed by atoms with van der Waals surface area (Å²) in [6.07, 6.45) is 0.0917. The molecule has 0 saturated carbocycles. The van der Waals surface area contributed by atoms with E-state index in [0.717, 1.165) is 11.1 Å². The third-order valence-electron chi connectivity index (χ3n) is 5.07. The molecule has 1 unspecified atom stereocenters. The lowest BCUT2D eigenvalue weighted by molar-refractivity contribution is -0.124. The predicted molar refractivity (Wildman–Crippen MR) is 106 cm³/mol. The van der Waals surface area contributed by atoms with Crippen molar-refractivity contribution < 1.29 is 19.1 Å². The fraction of sp³-hybridized carbons (Fsp3) is 0.381. The van der Waals surface area contributed by atoms with Crippen LogP contribution in [0.15, 0.2) is 36.4 Å². The van der Waals surface area contributed by atoms with Crippen molar-refractivity contribution in [1.82, 2.24) is 10.3 Å². The van der Waals surface area contributed by atoms with Crippen LogP contribution in [0.25, 0.3) is 0 Å². The molecule has 28 heavy (non-hydrogen) atoms. The van der Waals surface area contributed by atoms with Gasteiger partial charge in [-0.2, -0.15) is 4.98 Å². The lowest BCUT2D eigenvalue weighted by Crippen LogP contribution is -2.43. The molecule has 7 heteroatoms. The summed E-state index contributed by atoms with van der Waals surface area (Å²) in [5, 5.41) is 5.73. The normalized spacial score (nSPS) is 18.7. The zero-order chi connectivity index (χ0) is 20.3. The van der Waals surface area contributed by atoms with Crippen LogP contribution in [0.4, 0.5) is 5.69 Å². The van der Waals surface area contributed by atoms with Crippen LogP contribution in [0, 0.1) is 0 Å². The molecule has 148 valence electrons. The molecule has 1 aliphatic heterocycles. The molecule has 1 aromatic carbocycles. The quantitative estimate of drug-likeness (QED) is 0.800. The number of nitrogens with zero attached hydrogens (tertiary/aromatic N) is 1. The van der Waals surface area contributed by atoms with Crippen molar-refractivity contribution in [3.63, 3.8) is 0 Å². The topological polar surface area (TPSA) is 89.6 Å². The van der Waals surface area contributed by atoms with E-state index in [2.05, 4.69) is 29.5 Å². The number of carbonyl (C=O) groups is 2. The van der Waals surface area contributed by atoms with Crippen LogP contribution in [0.1, 0.15) is 37.3 Å². The van der Waals surface area contributed by atoms with E-state index in [4.69, 9.17) is 9.47 Å². The Morgan fingerprint density at radius 1 is 1.18 bits per heavy atom. The van der Waals surface area contributed by atoms with Crippen LogP contribution in [-0.4, -0.2) is 37.6 Å². The maximum Gasteiger partial charge on any atom is 0.240 e. The van der Waals surface area contributed by atoms with Gasteiger partial charge in [0, 0.05) is 19.0 Å². The Morgan fingerprint density at radius 2 is 1.93 bits per heavy atom. The summed E-state index contributed by atoms with van der Waals surface area (Å²) in [5.74, 6) is 0.427. The minimum atomic E-state index is -0.997. The van der Waals surface area contributed by atoms with Crippen molar-refractivity contribution >= 4 is 17.5 Å². The van der Waals surface area contributed by atoms with Crippen LogP contribution in [0.2, 0.25) is 0 Å². The minimum absolute atomic E-state index is 0.0917. The van der Waals surface area contributed by atoms with Gasteiger partial charge in [-0.3, -0.25) is 9.59 Å². The van der Waals surface area contributed by atoms with Crippen LogP contribution >= 0.6 is 0 Å². The predicted octanol–water partition coefficient (Wildman–Crippen LogP) is 2.62. The Morgan fingerprint density at radius 3 is 2.54 bits per heavy atom. The summed E-state index contributed by atoms with van der Waals surface area (Å²) >= 11 is 0. The molecule has 0 radical (unpaired) electrons. The van der Waals surface area contributed by atoms with Crippen LogP contribution in [-0.2, 0) is 15.0 Å². The first kappa shape index (κ1) is 19.7. The molecule has 1 atom stereocenters. The van der Waals surface area contributed by atoms with Crippen LogP contribution in [0.3, 0.4) is 0 Å². The number of rotatable bonds is 6. The molecule has 2 heterocycles. The summed E-state index contributed by atoms with van der Waals surface area (Å²) < 4.78 is 10.4. The highest BCUT2D eigenvalue weighted by molar-refractivity contribution is 6.05. The molecule has 2 N–H and O–H groups in total. The zero-order valence-corrected chi connectivity index (χ0v) is 16.5. The number of hydrogen-bond acceptors (Lipinski definition) is 5. The monoisotopic (exact) mass is 383 g/mol. The third kappa shape index (κ3) is 3.52. The molecular weight excluding hydrogens is 358 g/mol. The molecule has 2 aromatic rings. The highest BCUT2D eigenvalue weighted by atomic mass is 16.5. The fourth-order valence-corrected chi connectivity index (χ4v) is 3.59. The molecule has 3 rings (SSSR count). The van der Waals surface area contributed by atoms with Crippen LogP contribution < -0.4 is 20.1 Å². The Balaban J connectivity index is 2.02. The van der Waals surface area contributed by atoms with Gasteiger partial charge in [-0.1, -0.05) is 38.1 Å². The first-order valence-corrected chi connectivity index (χ1v) is 9.18. The molecule has 0 aliphatic carbocycles. The van der Waals surface area contributed by atoms with Gasteiger partial charge >= 0.3 is 0 Å². The standard InChI is InChI=1S/C21H25N3O4/c1-13(2)14-7-5-6-8-15(14)21(11-17(25)22-12-21)20(26)23-16-9-10-18(27-3)24-19(16)28-4/h5-10,13H,11-12H2,1-4H3,(H,22,25)(H,23,26). The number of hydrogen-bond donors (Lipinski definition) is 2. The maximum atomic E-state index is 13.5. The van der Waals surface area contributed by atoms with Gasteiger partial charge in [-0.25, -0.2) is 0 Å². The van der Waals surface area contributed by atoms with Gasteiger partial charge in [0.1, 0.15) is 11.1 Å². The van der Waals surface area contributed by atoms with E-state index >= 15 is 0 Å². The van der Waals surface area contributed by atoms with Gasteiger partial charge in [0.15, 0.2) is 0 Å². The Labute approximate surface area is 164 Å². The molecule has 1 saturated heterocycles. The third-order valence-corrected chi connectivity index (χ3v) is 5.07. The van der Waals surface area contributed by atoms with Crippen molar-refractivity contribution in [3.8, 4) is 11.8 Å². The average molecular weight is 383 g/mol. The number of benzene rings is 1. The highest BCUT2D eigenvalue weighted by Crippen LogP contribution is 2.38. The summed E-state index contributed by atoms with van der Waals surface area (Å²) in [5.41, 5.74) is 1.34. The lowest BCUT2D eigenvalue weighted by atomic mass is 9.74. The van der Waals surface area contributed by atoms with Gasteiger partial charge in [0.25, 0.3) is 0 Å². The number of carbonyl (C=O) groups excluding carboxylic acids is 2. The SMILES string of the molecule is COc1ccc(NC(=O)C2(c3ccccc3C(C)C)CNC(=O)C2)c(OC)n1. The summed E-state index contributed by atoms with van der Waals surface area (Å²) in [4.78, 5) is 29.8. The van der Waals surface area contributed by atoms with Crippen LogP contribution in [0.5, 0.6) is 11.8 Å². The first-order chi connectivity index (χ1) is 13.4. The highest BCUT2D eigenvalue weighted by Gasteiger charge is 2.48. The summed E-state index contributed by atoms with van der Waals surface area (Å²) in [6, 6.07) is 11.1. The summed E-state index contributed by atoms with van der Waals surface area (Å²) in [7, 11) is 2.98. The number of amides is 2. The van der Waals surface area contributed by atoms with Crippen molar-refractivity contribution in [2.75, 3.05) is 26.1 Å². The number of anilines is 1. The van der Waals surface area contributed by atoms with E-state index in [0.29, 0.717) is 11.6 Å². The molecule has 2 amide bonds. The maximum absolute atomic E-state index is 13.5. The summed E-state index contributed by atoms with van der Waals surface area (Å²) in [6.45, 7) is 4.39. The van der Waals surface area contributed by atoms with Crippen molar-refractivity contribution in [2.45, 2.75) is 31.6 Å². The Kier molecular flexibility index (Phi) is 5.53. The number of ether oxygens (including phenoxy) is 2. The second-order valence-electron chi connectivity index (χ2n) is 7.14. The van der Waals surface area contributed by atoms with E-state index in [1.165, 1.54) is 14.2 Å². The fourth-order valence-electron chi connectivity index (χ4n) is 3.59. The van der Waals surface area contributed by atoms with Gasteiger partial charge < -0.3 is 20.1 Å². The molecule has 7 nitrogen and oxygen atoms in total. The molecule has 1 fully saturated rings. The minimum Gasteiger partial charge on any atom is -0.481 e. The van der Waals surface area contributed by atoms with Gasteiger partial charge in [-0.05, 0) is 23.1 Å². The lowest BCUT2D eigenvalue weighted by Gasteiger charge is -2.30. The average Bonchev–Trinajstić information content (AvgIpc) is 3.11. The largest absolute Gasteiger partial charge is 0.481 e. The Hall–Kier alpha value is -3.09. The van der Waals surface area contributed by atoms with Gasteiger partial charge in [0.2, 0.25) is 23.6 Å². The molecule has 1 aromatic heterocycles. The second-order valence-corrected chi connectivity index (χ2v) is 7.14. The number of pyridine rings is 1. The smallest absolute Gasteiger partial charge is 0.240 e. The first-order valence-electron chi connectivity index (χ1n) is 9.18. The van der Waals surface area contributed by atoms with Gasteiger partial charge in [0.05, 0.1) is 14.2 Å². The second kappa shape index (κ2) is 7.88. The molecule has 0 spiro atoms. The van der Waals surface area contributed by atoms with E-state index in [1.807, 2.05) is 24.3 Å². The zero-order valence-electron chi connectivity index (χ0n) is 16.5. The van der Waals surface area contributed by atoms with Crippen molar-refractivity contribution in [1.29, 1.82) is 0 Å². The van der Waals surface area contributed by atoms with Gasteiger partial charge in [-0.15, -0.1) is 0 Å². The molecule has 1 aliphatic rings. The number of nitrogens with one attached hydrogen (secondary N) is 2.